The van der Waals surface area contributed by atoms with Gasteiger partial charge in [0, 0.05) is 19.3 Å². The Hall–Kier alpha value is -1.00. The van der Waals surface area contributed by atoms with Gasteiger partial charge in [0.05, 0.1) is 5.02 Å². The number of nitrogens with zero attached hydrogens (tertiary/aromatic N) is 1. The second-order valence-electron chi connectivity index (χ2n) is 4.52. The molecule has 2 rings (SSSR count). The summed E-state index contributed by atoms with van der Waals surface area (Å²) in [6.45, 7) is 2.71. The van der Waals surface area contributed by atoms with Crippen LogP contribution < -0.4 is 5.32 Å². The fraction of sp³-hybridized carbons (Fsp3) is 0.583. The number of H-pyrrole nitrogens is 1. The lowest BCUT2D eigenvalue weighted by Crippen LogP contribution is -2.40. The van der Waals surface area contributed by atoms with Gasteiger partial charge in [0.1, 0.15) is 5.69 Å². The number of likely N-dealkylation sites (tertiary alicyclic amines) is 1. The minimum Gasteiger partial charge on any atom is -0.356 e. The summed E-state index contributed by atoms with van der Waals surface area (Å²) in [6.07, 6.45) is 3.78. The molecule has 0 aromatic carbocycles. The number of nitrogens with one attached hydrogen (secondary N) is 2. The highest BCUT2D eigenvalue weighted by Gasteiger charge is 2.23. The Morgan fingerprint density at radius 2 is 2.29 bits per heavy atom. The number of carbonyl (C=O) groups excluding carboxylic acids is 1. The predicted molar refractivity (Wildman–Crippen MR) is 68.4 cm³/mol. The molecule has 0 aliphatic carbocycles. The molecule has 4 nitrogen and oxygen atoms in total. The molecule has 0 spiro atoms. The number of rotatable bonds is 3. The molecule has 0 unspecified atom stereocenters. The summed E-state index contributed by atoms with van der Waals surface area (Å²) in [5, 5.41) is 3.77. The number of carbonyl (C=O) groups is 1. The van der Waals surface area contributed by atoms with Crippen molar-refractivity contribution in [3.63, 3.8) is 0 Å². The molecule has 0 atom stereocenters. The van der Waals surface area contributed by atoms with E-state index in [1.54, 1.807) is 12.3 Å². The van der Waals surface area contributed by atoms with E-state index < -0.39 is 0 Å². The highest BCUT2D eigenvalue weighted by Crippen LogP contribution is 2.19. The van der Waals surface area contributed by atoms with Gasteiger partial charge >= 0.3 is 0 Å². The van der Waals surface area contributed by atoms with Gasteiger partial charge in [0.25, 0.3) is 5.91 Å². The zero-order valence-electron chi connectivity index (χ0n) is 10.0. The normalized spacial score (nSPS) is 17.4. The zero-order valence-corrected chi connectivity index (χ0v) is 10.8. The molecule has 5 heteroatoms. The van der Waals surface area contributed by atoms with E-state index in [2.05, 4.69) is 10.3 Å². The van der Waals surface area contributed by atoms with Crippen LogP contribution in [0.2, 0.25) is 5.02 Å². The largest absolute Gasteiger partial charge is 0.356 e. The monoisotopic (exact) mass is 255 g/mol. The van der Waals surface area contributed by atoms with E-state index >= 15 is 0 Å². The van der Waals surface area contributed by atoms with Crippen LogP contribution in [0.25, 0.3) is 0 Å². The number of hydrogen-bond donors (Lipinski definition) is 2. The van der Waals surface area contributed by atoms with Crippen LogP contribution in [0.4, 0.5) is 0 Å². The van der Waals surface area contributed by atoms with Crippen molar-refractivity contribution >= 4 is 17.5 Å². The summed E-state index contributed by atoms with van der Waals surface area (Å²) in [4.78, 5) is 16.9. The second-order valence-corrected chi connectivity index (χ2v) is 4.96. The third-order valence-corrected chi connectivity index (χ3v) is 3.49. The Balaban J connectivity index is 1.90. The van der Waals surface area contributed by atoms with Gasteiger partial charge in [-0.3, -0.25) is 4.79 Å². The van der Waals surface area contributed by atoms with Gasteiger partial charge in [-0.15, -0.1) is 0 Å². The van der Waals surface area contributed by atoms with Crippen LogP contribution in [-0.2, 0) is 0 Å². The SMILES string of the molecule is CNCC1CCN(C(=O)c2cc(Cl)c[nH]2)CC1. The quantitative estimate of drug-likeness (QED) is 0.864. The number of aromatic amines is 1. The number of halogens is 1. The van der Waals surface area contributed by atoms with Crippen LogP contribution in [0.3, 0.4) is 0 Å². The molecule has 2 N–H and O–H groups in total. The molecule has 0 radical (unpaired) electrons. The maximum absolute atomic E-state index is 12.1. The molecule has 1 saturated heterocycles. The summed E-state index contributed by atoms with van der Waals surface area (Å²) in [7, 11) is 1.97. The third-order valence-electron chi connectivity index (χ3n) is 3.27. The van der Waals surface area contributed by atoms with E-state index in [-0.39, 0.29) is 5.91 Å². The first-order chi connectivity index (χ1) is 8.20. The Labute approximate surface area is 106 Å². The molecule has 0 saturated carbocycles. The maximum atomic E-state index is 12.1. The van der Waals surface area contributed by atoms with Gasteiger partial charge in [-0.05, 0) is 38.4 Å². The first-order valence-corrected chi connectivity index (χ1v) is 6.36. The van der Waals surface area contributed by atoms with Crippen LogP contribution in [0.1, 0.15) is 23.3 Å². The topological polar surface area (TPSA) is 48.1 Å². The van der Waals surface area contributed by atoms with E-state index in [1.807, 2.05) is 11.9 Å². The molecule has 1 aliphatic heterocycles. The Bertz CT molecular complexity index is 383. The summed E-state index contributed by atoms with van der Waals surface area (Å²) >= 11 is 5.80. The van der Waals surface area contributed by atoms with Crippen molar-refractivity contribution in [1.29, 1.82) is 0 Å². The molecule has 1 aromatic rings. The first kappa shape index (κ1) is 12.5. The standard InChI is InChI=1S/C12H18ClN3O/c1-14-7-9-2-4-16(5-3-9)12(17)11-6-10(13)8-15-11/h6,8-9,14-15H,2-5,7H2,1H3. The molecule has 17 heavy (non-hydrogen) atoms. The number of piperidine rings is 1. The fourth-order valence-electron chi connectivity index (χ4n) is 2.29. The van der Waals surface area contributed by atoms with E-state index in [1.165, 1.54) is 0 Å². The van der Waals surface area contributed by atoms with Crippen LogP contribution in [-0.4, -0.2) is 42.5 Å². The van der Waals surface area contributed by atoms with Crippen LogP contribution in [0, 0.1) is 5.92 Å². The Kier molecular flexibility index (Phi) is 4.07. The summed E-state index contributed by atoms with van der Waals surface area (Å²) in [5.74, 6) is 0.746. The van der Waals surface area contributed by atoms with Crippen molar-refractivity contribution in [1.82, 2.24) is 15.2 Å². The fourth-order valence-corrected chi connectivity index (χ4v) is 2.45. The predicted octanol–water partition coefficient (Wildman–Crippen LogP) is 1.74. The van der Waals surface area contributed by atoms with Crippen molar-refractivity contribution in [2.24, 2.45) is 5.92 Å². The average molecular weight is 256 g/mol. The number of amides is 1. The highest BCUT2D eigenvalue weighted by molar-refractivity contribution is 6.30. The third kappa shape index (κ3) is 3.01. The summed E-state index contributed by atoms with van der Waals surface area (Å²) < 4.78 is 0. The van der Waals surface area contributed by atoms with E-state index in [0.29, 0.717) is 16.6 Å². The molecule has 1 aliphatic rings. The van der Waals surface area contributed by atoms with Crippen molar-refractivity contribution in [2.75, 3.05) is 26.7 Å². The summed E-state index contributed by atoms with van der Waals surface area (Å²) in [6, 6.07) is 1.68. The summed E-state index contributed by atoms with van der Waals surface area (Å²) in [5.41, 5.74) is 0.585. The zero-order chi connectivity index (χ0) is 12.3. The van der Waals surface area contributed by atoms with Crippen molar-refractivity contribution in [2.45, 2.75) is 12.8 Å². The van der Waals surface area contributed by atoms with Gasteiger partial charge in [-0.1, -0.05) is 11.6 Å². The molecular formula is C12H18ClN3O. The van der Waals surface area contributed by atoms with E-state index in [4.69, 9.17) is 11.6 Å². The average Bonchev–Trinajstić information content (AvgIpc) is 2.76. The van der Waals surface area contributed by atoms with Gasteiger partial charge in [0.15, 0.2) is 0 Å². The first-order valence-electron chi connectivity index (χ1n) is 5.98. The van der Waals surface area contributed by atoms with Crippen molar-refractivity contribution in [3.8, 4) is 0 Å². The van der Waals surface area contributed by atoms with E-state index in [9.17, 15) is 4.79 Å². The van der Waals surface area contributed by atoms with Gasteiger partial charge in [0.2, 0.25) is 0 Å². The van der Waals surface area contributed by atoms with Gasteiger partial charge in [-0.25, -0.2) is 0 Å². The minimum absolute atomic E-state index is 0.0554. The number of hydrogen-bond acceptors (Lipinski definition) is 2. The molecule has 1 aromatic heterocycles. The second kappa shape index (κ2) is 5.56. The lowest BCUT2D eigenvalue weighted by molar-refractivity contribution is 0.0685. The van der Waals surface area contributed by atoms with Crippen molar-refractivity contribution in [3.05, 3.63) is 23.0 Å². The van der Waals surface area contributed by atoms with Crippen LogP contribution in [0.15, 0.2) is 12.3 Å². The maximum Gasteiger partial charge on any atom is 0.270 e. The Morgan fingerprint density at radius 1 is 1.59 bits per heavy atom. The van der Waals surface area contributed by atoms with Gasteiger partial charge < -0.3 is 15.2 Å². The molecular weight excluding hydrogens is 238 g/mol. The highest BCUT2D eigenvalue weighted by atomic mass is 35.5. The smallest absolute Gasteiger partial charge is 0.270 e. The van der Waals surface area contributed by atoms with Crippen LogP contribution >= 0.6 is 11.6 Å². The molecule has 0 bridgehead atoms. The van der Waals surface area contributed by atoms with Crippen molar-refractivity contribution < 1.29 is 4.79 Å². The molecule has 94 valence electrons. The number of aromatic nitrogens is 1. The van der Waals surface area contributed by atoms with E-state index in [0.717, 1.165) is 32.5 Å². The lowest BCUT2D eigenvalue weighted by atomic mass is 9.96. The molecule has 2 heterocycles. The Morgan fingerprint density at radius 3 is 2.82 bits per heavy atom. The molecule has 1 fully saturated rings. The lowest BCUT2D eigenvalue weighted by Gasteiger charge is -2.31. The van der Waals surface area contributed by atoms with Gasteiger partial charge in [-0.2, -0.15) is 0 Å². The van der Waals surface area contributed by atoms with Crippen LogP contribution in [0.5, 0.6) is 0 Å². The molecule has 1 amide bonds. The minimum atomic E-state index is 0.0554.